The van der Waals surface area contributed by atoms with E-state index in [2.05, 4.69) is 0 Å². The van der Waals surface area contributed by atoms with Gasteiger partial charge >= 0.3 is 5.97 Å². The maximum absolute atomic E-state index is 13.6. The molecule has 1 aliphatic rings. The highest BCUT2D eigenvalue weighted by atomic mass is 32.2. The molecule has 5 nitrogen and oxygen atoms in total. The van der Waals surface area contributed by atoms with Crippen molar-refractivity contribution in [3.63, 3.8) is 0 Å². The fraction of sp³-hybridized carbons (Fsp3) is 0.286. The van der Waals surface area contributed by atoms with Crippen molar-refractivity contribution in [1.29, 1.82) is 0 Å². The quantitative estimate of drug-likeness (QED) is 0.715. The van der Waals surface area contributed by atoms with Gasteiger partial charge in [0.05, 0.1) is 23.1 Å². The molecule has 7 heteroatoms. The zero-order chi connectivity index (χ0) is 20.5. The van der Waals surface area contributed by atoms with Gasteiger partial charge in [-0.2, -0.15) is 4.31 Å². The maximum atomic E-state index is 13.6. The first-order valence-corrected chi connectivity index (χ1v) is 10.4. The third-order valence-corrected chi connectivity index (χ3v) is 6.58. The number of ether oxygens (including phenoxy) is 1. The monoisotopic (exact) mass is 403 g/mol. The lowest BCUT2D eigenvalue weighted by Crippen LogP contribution is -2.34. The first kappa shape index (κ1) is 20.2. The van der Waals surface area contributed by atoms with Crippen LogP contribution in [0.2, 0.25) is 0 Å². The van der Waals surface area contributed by atoms with E-state index < -0.39 is 27.9 Å². The molecule has 1 aliphatic heterocycles. The molecule has 0 saturated carbocycles. The molecule has 1 atom stereocenters. The first-order valence-electron chi connectivity index (χ1n) is 8.97. The van der Waals surface area contributed by atoms with E-state index in [-0.39, 0.29) is 23.6 Å². The van der Waals surface area contributed by atoms with Crippen LogP contribution in [-0.2, 0) is 19.6 Å². The minimum atomic E-state index is -3.88. The number of halogens is 1. The van der Waals surface area contributed by atoms with Gasteiger partial charge in [-0.1, -0.05) is 29.8 Å². The molecule has 1 heterocycles. The Morgan fingerprint density at radius 3 is 2.46 bits per heavy atom. The minimum absolute atomic E-state index is 0.0336. The number of rotatable bonds is 5. The van der Waals surface area contributed by atoms with Crippen molar-refractivity contribution in [2.75, 3.05) is 13.2 Å². The van der Waals surface area contributed by atoms with Gasteiger partial charge in [-0.15, -0.1) is 0 Å². The van der Waals surface area contributed by atoms with Gasteiger partial charge in [0.1, 0.15) is 5.82 Å². The summed E-state index contributed by atoms with van der Waals surface area (Å²) in [5, 5.41) is 0. The molecule has 0 saturated heterocycles. The second kappa shape index (κ2) is 7.85. The maximum Gasteiger partial charge on any atom is 0.335 e. The van der Waals surface area contributed by atoms with Crippen LogP contribution in [0.1, 0.15) is 29.7 Å². The number of carbonyl (C=O) groups excluding carboxylic acids is 1. The molecule has 0 aromatic heterocycles. The molecule has 0 amide bonds. The topological polar surface area (TPSA) is 63.7 Å². The lowest BCUT2D eigenvalue weighted by molar-refractivity contribution is -0.138. The molecule has 3 rings (SSSR count). The van der Waals surface area contributed by atoms with Crippen LogP contribution in [-0.4, -0.2) is 31.8 Å². The SMILES string of the molecule is CCOC(=O)C1=CCN(S(=O)(=O)c2ccc(C)cc2)[C@@H]1c1ccc(F)cc1C. The molecule has 28 heavy (non-hydrogen) atoms. The van der Waals surface area contributed by atoms with Gasteiger partial charge in [-0.25, -0.2) is 17.6 Å². The van der Waals surface area contributed by atoms with Crippen molar-refractivity contribution >= 4 is 16.0 Å². The molecular weight excluding hydrogens is 381 g/mol. The van der Waals surface area contributed by atoms with E-state index in [0.717, 1.165) is 5.56 Å². The highest BCUT2D eigenvalue weighted by Crippen LogP contribution is 2.39. The zero-order valence-corrected chi connectivity index (χ0v) is 16.8. The second-order valence-electron chi connectivity index (χ2n) is 6.67. The van der Waals surface area contributed by atoms with Crippen molar-refractivity contribution in [2.24, 2.45) is 0 Å². The molecular formula is C21H22FNO4S. The van der Waals surface area contributed by atoms with Crippen molar-refractivity contribution in [1.82, 2.24) is 4.31 Å². The molecule has 148 valence electrons. The van der Waals surface area contributed by atoms with E-state index in [1.54, 1.807) is 44.2 Å². The Bertz CT molecular complexity index is 1030. The Hall–Kier alpha value is -2.51. The van der Waals surface area contributed by atoms with Crippen LogP contribution in [0.4, 0.5) is 4.39 Å². The molecule has 2 aromatic carbocycles. The normalized spacial score (nSPS) is 17.4. The largest absolute Gasteiger partial charge is 0.463 e. The third kappa shape index (κ3) is 3.72. The van der Waals surface area contributed by atoms with Crippen LogP contribution < -0.4 is 0 Å². The Morgan fingerprint density at radius 1 is 1.18 bits per heavy atom. The lowest BCUT2D eigenvalue weighted by Gasteiger charge is -2.27. The fourth-order valence-corrected chi connectivity index (χ4v) is 4.85. The highest BCUT2D eigenvalue weighted by Gasteiger charge is 2.41. The molecule has 0 radical (unpaired) electrons. The summed E-state index contributed by atoms with van der Waals surface area (Å²) in [5.74, 6) is -0.994. The Labute approximate surface area is 164 Å². The van der Waals surface area contributed by atoms with Crippen LogP contribution in [0.25, 0.3) is 0 Å². The van der Waals surface area contributed by atoms with E-state index >= 15 is 0 Å². The van der Waals surface area contributed by atoms with Gasteiger partial charge in [0.2, 0.25) is 10.0 Å². The summed E-state index contributed by atoms with van der Waals surface area (Å²) in [7, 11) is -3.88. The van der Waals surface area contributed by atoms with Crippen LogP contribution >= 0.6 is 0 Å². The number of aryl methyl sites for hydroxylation is 2. The predicted octanol–water partition coefficient (Wildman–Crippen LogP) is 3.68. The summed E-state index contributed by atoms with van der Waals surface area (Å²) in [6.07, 6.45) is 1.57. The number of hydrogen-bond donors (Lipinski definition) is 0. The van der Waals surface area contributed by atoms with Gasteiger partial charge in [-0.3, -0.25) is 0 Å². The van der Waals surface area contributed by atoms with Crippen molar-refractivity contribution in [3.05, 3.63) is 76.6 Å². The first-order chi connectivity index (χ1) is 13.3. The molecule has 0 spiro atoms. The predicted molar refractivity (Wildman–Crippen MR) is 104 cm³/mol. The summed E-state index contributed by atoms with van der Waals surface area (Å²) in [6.45, 7) is 5.46. The second-order valence-corrected chi connectivity index (χ2v) is 8.56. The summed E-state index contributed by atoms with van der Waals surface area (Å²) in [4.78, 5) is 12.6. The van der Waals surface area contributed by atoms with Crippen LogP contribution in [0.3, 0.4) is 0 Å². The standard InChI is InChI=1S/C21H22FNO4S/c1-4-27-21(24)19-11-12-23(20(19)18-10-7-16(22)13-15(18)3)28(25,26)17-8-5-14(2)6-9-17/h5-11,13,20H,4,12H2,1-3H3/t20-/m1/s1. The van der Waals surface area contributed by atoms with Gasteiger partial charge in [-0.05, 0) is 56.2 Å². The number of carbonyl (C=O) groups is 1. The summed E-state index contributed by atoms with van der Waals surface area (Å²) < 4.78 is 46.6. The van der Waals surface area contributed by atoms with Crippen molar-refractivity contribution < 1.29 is 22.3 Å². The number of esters is 1. The number of hydrogen-bond acceptors (Lipinski definition) is 4. The molecule has 0 aliphatic carbocycles. The van der Waals surface area contributed by atoms with Gasteiger partial charge in [0.25, 0.3) is 0 Å². The van der Waals surface area contributed by atoms with Crippen LogP contribution in [0.15, 0.2) is 59.0 Å². The van der Waals surface area contributed by atoms with E-state index in [0.29, 0.717) is 11.1 Å². The van der Waals surface area contributed by atoms with Crippen molar-refractivity contribution in [3.8, 4) is 0 Å². The number of sulfonamides is 1. The summed E-state index contributed by atoms with van der Waals surface area (Å²) >= 11 is 0. The zero-order valence-electron chi connectivity index (χ0n) is 16.0. The molecule has 0 fully saturated rings. The van der Waals surface area contributed by atoms with Gasteiger partial charge in [0.15, 0.2) is 0 Å². The molecule has 0 bridgehead atoms. The molecule has 0 unspecified atom stereocenters. The minimum Gasteiger partial charge on any atom is -0.463 e. The van der Waals surface area contributed by atoms with E-state index in [4.69, 9.17) is 4.74 Å². The Balaban J connectivity index is 2.10. The Kier molecular flexibility index (Phi) is 5.67. The number of benzene rings is 2. The van der Waals surface area contributed by atoms with E-state index in [1.807, 2.05) is 6.92 Å². The van der Waals surface area contributed by atoms with Gasteiger partial charge in [0, 0.05) is 6.54 Å². The average molecular weight is 403 g/mol. The van der Waals surface area contributed by atoms with Crippen LogP contribution in [0.5, 0.6) is 0 Å². The fourth-order valence-electron chi connectivity index (χ4n) is 3.32. The lowest BCUT2D eigenvalue weighted by atomic mass is 9.96. The smallest absolute Gasteiger partial charge is 0.335 e. The summed E-state index contributed by atoms with van der Waals surface area (Å²) in [6, 6.07) is 9.77. The highest BCUT2D eigenvalue weighted by molar-refractivity contribution is 7.89. The number of nitrogens with zero attached hydrogens (tertiary/aromatic N) is 1. The van der Waals surface area contributed by atoms with Crippen LogP contribution in [0, 0.1) is 19.7 Å². The van der Waals surface area contributed by atoms with Crippen molar-refractivity contribution in [2.45, 2.75) is 31.7 Å². The van der Waals surface area contributed by atoms with E-state index in [1.165, 1.54) is 22.5 Å². The van der Waals surface area contributed by atoms with Gasteiger partial charge < -0.3 is 4.74 Å². The molecule has 0 N–H and O–H groups in total. The molecule has 2 aromatic rings. The Morgan fingerprint density at radius 2 is 1.86 bits per heavy atom. The average Bonchev–Trinajstić information content (AvgIpc) is 3.08. The summed E-state index contributed by atoms with van der Waals surface area (Å²) in [5.41, 5.74) is 2.30. The third-order valence-electron chi connectivity index (χ3n) is 4.74. The van der Waals surface area contributed by atoms with E-state index in [9.17, 15) is 17.6 Å².